The Morgan fingerprint density at radius 3 is 2.55 bits per heavy atom. The molecule has 0 aliphatic heterocycles. The minimum Gasteiger partial charge on any atom is -0.481 e. The van der Waals surface area contributed by atoms with Crippen LogP contribution < -0.4 is 0 Å². The quantitative estimate of drug-likeness (QED) is 0.708. The fraction of sp³-hybridized carbons (Fsp3) is 0.786. The van der Waals surface area contributed by atoms with E-state index in [-0.39, 0.29) is 5.75 Å². The predicted octanol–water partition coefficient (Wildman–Crippen LogP) is 3.40. The van der Waals surface area contributed by atoms with E-state index in [2.05, 4.69) is 42.5 Å². The van der Waals surface area contributed by atoms with Gasteiger partial charge in [0.2, 0.25) is 0 Å². The standard InChI is InChI=1S/C14H25N3O2S/c1-5-6-12-15-16-14(20-9-13(18)19)17(12)11(4)8-7-10(2)3/h10-11H,5-9H2,1-4H3,(H,18,19). The van der Waals surface area contributed by atoms with Gasteiger partial charge in [0.1, 0.15) is 5.82 Å². The molecule has 0 saturated carbocycles. The number of hydrogen-bond donors (Lipinski definition) is 1. The first-order chi connectivity index (χ1) is 9.45. The molecule has 5 nitrogen and oxygen atoms in total. The number of aryl methyl sites for hydroxylation is 1. The maximum atomic E-state index is 10.7. The summed E-state index contributed by atoms with van der Waals surface area (Å²) in [5, 5.41) is 17.9. The van der Waals surface area contributed by atoms with Crippen LogP contribution in [0.15, 0.2) is 5.16 Å². The zero-order chi connectivity index (χ0) is 15.1. The topological polar surface area (TPSA) is 68.0 Å². The molecule has 1 atom stereocenters. The summed E-state index contributed by atoms with van der Waals surface area (Å²) in [5.74, 6) is 0.841. The molecule has 0 aromatic carbocycles. The molecule has 1 aromatic rings. The second kappa shape index (κ2) is 8.29. The van der Waals surface area contributed by atoms with Crippen LogP contribution in [0.4, 0.5) is 0 Å². The van der Waals surface area contributed by atoms with Crippen molar-refractivity contribution in [3.05, 3.63) is 5.82 Å². The summed E-state index contributed by atoms with van der Waals surface area (Å²) < 4.78 is 2.12. The van der Waals surface area contributed by atoms with Crippen molar-refractivity contribution in [1.82, 2.24) is 14.8 Å². The Balaban J connectivity index is 2.86. The molecule has 0 aliphatic carbocycles. The summed E-state index contributed by atoms with van der Waals surface area (Å²) in [4.78, 5) is 10.7. The van der Waals surface area contributed by atoms with E-state index in [1.807, 2.05) is 0 Å². The third-order valence-corrected chi connectivity index (χ3v) is 4.06. The van der Waals surface area contributed by atoms with E-state index in [1.165, 1.54) is 11.8 Å². The number of aliphatic carboxylic acids is 1. The molecule has 1 aromatic heterocycles. The van der Waals surface area contributed by atoms with Crippen LogP contribution in [-0.2, 0) is 11.2 Å². The number of hydrogen-bond acceptors (Lipinski definition) is 4. The Hall–Kier alpha value is -1.04. The van der Waals surface area contributed by atoms with Gasteiger partial charge in [0.05, 0.1) is 5.75 Å². The molecule has 114 valence electrons. The summed E-state index contributed by atoms with van der Waals surface area (Å²) in [7, 11) is 0. The highest BCUT2D eigenvalue weighted by Crippen LogP contribution is 2.26. The monoisotopic (exact) mass is 299 g/mol. The Labute approximate surface area is 125 Å². The number of thioether (sulfide) groups is 1. The maximum absolute atomic E-state index is 10.7. The summed E-state index contributed by atoms with van der Waals surface area (Å²) in [6.45, 7) is 8.70. The van der Waals surface area contributed by atoms with Crippen molar-refractivity contribution in [2.24, 2.45) is 5.92 Å². The molecule has 0 bridgehead atoms. The lowest BCUT2D eigenvalue weighted by molar-refractivity contribution is -0.133. The van der Waals surface area contributed by atoms with Crippen molar-refractivity contribution in [1.29, 1.82) is 0 Å². The van der Waals surface area contributed by atoms with Gasteiger partial charge in [-0.3, -0.25) is 4.79 Å². The third kappa shape index (κ3) is 5.15. The number of carboxylic acid groups (broad SMARTS) is 1. The molecule has 6 heteroatoms. The maximum Gasteiger partial charge on any atom is 0.313 e. The highest BCUT2D eigenvalue weighted by atomic mass is 32.2. The smallest absolute Gasteiger partial charge is 0.313 e. The second-order valence-corrected chi connectivity index (χ2v) is 6.46. The first kappa shape index (κ1) is 17.0. The van der Waals surface area contributed by atoms with Gasteiger partial charge in [0.25, 0.3) is 0 Å². The van der Waals surface area contributed by atoms with E-state index >= 15 is 0 Å². The lowest BCUT2D eigenvalue weighted by atomic mass is 10.0. The van der Waals surface area contributed by atoms with Crippen LogP contribution in [-0.4, -0.2) is 31.6 Å². The molecule has 1 heterocycles. The van der Waals surface area contributed by atoms with Crippen LogP contribution in [0.5, 0.6) is 0 Å². The number of nitrogens with zero attached hydrogens (tertiary/aromatic N) is 3. The number of rotatable bonds is 9. The lowest BCUT2D eigenvalue weighted by Gasteiger charge is -2.18. The van der Waals surface area contributed by atoms with Gasteiger partial charge in [-0.1, -0.05) is 32.5 Å². The normalized spacial score (nSPS) is 12.8. The van der Waals surface area contributed by atoms with Crippen molar-refractivity contribution in [3.8, 4) is 0 Å². The van der Waals surface area contributed by atoms with Crippen molar-refractivity contribution in [2.75, 3.05) is 5.75 Å². The van der Waals surface area contributed by atoms with Crippen LogP contribution in [0.1, 0.15) is 58.8 Å². The lowest BCUT2D eigenvalue weighted by Crippen LogP contribution is -2.12. The molecular weight excluding hydrogens is 274 g/mol. The molecule has 0 amide bonds. The van der Waals surface area contributed by atoms with E-state index in [1.54, 1.807) is 0 Å². The van der Waals surface area contributed by atoms with E-state index in [0.29, 0.717) is 12.0 Å². The van der Waals surface area contributed by atoms with Crippen LogP contribution in [0.3, 0.4) is 0 Å². The van der Waals surface area contributed by atoms with Crippen LogP contribution in [0.2, 0.25) is 0 Å². The number of carbonyl (C=O) groups is 1. The van der Waals surface area contributed by atoms with Gasteiger partial charge in [0.15, 0.2) is 5.16 Å². The SMILES string of the molecule is CCCc1nnc(SCC(=O)O)n1C(C)CCC(C)C. The van der Waals surface area contributed by atoms with Gasteiger partial charge in [-0.25, -0.2) is 0 Å². The number of aromatic nitrogens is 3. The fourth-order valence-electron chi connectivity index (χ4n) is 2.07. The average molecular weight is 299 g/mol. The van der Waals surface area contributed by atoms with Gasteiger partial charge < -0.3 is 9.67 Å². The van der Waals surface area contributed by atoms with Crippen LogP contribution in [0, 0.1) is 5.92 Å². The van der Waals surface area contributed by atoms with E-state index in [0.717, 1.165) is 36.7 Å². The van der Waals surface area contributed by atoms with E-state index in [4.69, 9.17) is 5.11 Å². The molecule has 0 radical (unpaired) electrons. The zero-order valence-electron chi connectivity index (χ0n) is 12.8. The summed E-state index contributed by atoms with van der Waals surface area (Å²) in [6, 6.07) is 0.310. The Morgan fingerprint density at radius 1 is 1.30 bits per heavy atom. The molecule has 1 rings (SSSR count). The minimum atomic E-state index is -0.823. The average Bonchev–Trinajstić information content (AvgIpc) is 2.77. The highest BCUT2D eigenvalue weighted by molar-refractivity contribution is 7.99. The summed E-state index contributed by atoms with van der Waals surface area (Å²) in [6.07, 6.45) is 4.10. The first-order valence-electron chi connectivity index (χ1n) is 7.24. The molecule has 0 fully saturated rings. The predicted molar refractivity (Wildman–Crippen MR) is 81.2 cm³/mol. The molecule has 1 unspecified atom stereocenters. The molecular formula is C14H25N3O2S. The third-order valence-electron chi connectivity index (χ3n) is 3.14. The van der Waals surface area contributed by atoms with Crippen molar-refractivity contribution >= 4 is 17.7 Å². The van der Waals surface area contributed by atoms with Crippen molar-refractivity contribution in [3.63, 3.8) is 0 Å². The second-order valence-electron chi connectivity index (χ2n) is 5.52. The van der Waals surface area contributed by atoms with Crippen molar-refractivity contribution < 1.29 is 9.90 Å². The molecule has 0 saturated heterocycles. The minimum absolute atomic E-state index is 0.0289. The summed E-state index contributed by atoms with van der Waals surface area (Å²) in [5.41, 5.74) is 0. The Bertz CT molecular complexity index is 432. The Morgan fingerprint density at radius 2 is 2.00 bits per heavy atom. The van der Waals surface area contributed by atoms with Gasteiger partial charge in [-0.2, -0.15) is 0 Å². The Kier molecular flexibility index (Phi) is 7.05. The van der Waals surface area contributed by atoms with Crippen LogP contribution in [0.25, 0.3) is 0 Å². The highest BCUT2D eigenvalue weighted by Gasteiger charge is 2.18. The van der Waals surface area contributed by atoms with E-state index in [9.17, 15) is 4.79 Å². The fourth-order valence-corrected chi connectivity index (χ4v) is 2.85. The number of carboxylic acids is 1. The van der Waals surface area contributed by atoms with Gasteiger partial charge in [0, 0.05) is 12.5 Å². The van der Waals surface area contributed by atoms with Crippen molar-refractivity contribution in [2.45, 2.75) is 64.6 Å². The van der Waals surface area contributed by atoms with Crippen LogP contribution >= 0.6 is 11.8 Å². The van der Waals surface area contributed by atoms with Gasteiger partial charge >= 0.3 is 5.97 Å². The van der Waals surface area contributed by atoms with E-state index < -0.39 is 5.97 Å². The zero-order valence-corrected chi connectivity index (χ0v) is 13.6. The molecule has 0 spiro atoms. The summed E-state index contributed by atoms with van der Waals surface area (Å²) >= 11 is 1.25. The molecule has 20 heavy (non-hydrogen) atoms. The van der Waals surface area contributed by atoms with Gasteiger partial charge in [-0.05, 0) is 32.1 Å². The first-order valence-corrected chi connectivity index (χ1v) is 8.22. The van der Waals surface area contributed by atoms with Gasteiger partial charge in [-0.15, -0.1) is 10.2 Å². The molecule has 0 aliphatic rings. The largest absolute Gasteiger partial charge is 0.481 e. The molecule has 1 N–H and O–H groups in total.